The Bertz CT molecular complexity index is 1320. The van der Waals surface area contributed by atoms with Crippen molar-refractivity contribution < 1.29 is 9.22 Å². The summed E-state index contributed by atoms with van der Waals surface area (Å²) in [5.41, 5.74) is 4.94. The van der Waals surface area contributed by atoms with Gasteiger partial charge < -0.3 is 9.22 Å². The summed E-state index contributed by atoms with van der Waals surface area (Å²) in [4.78, 5) is 4.67. The Morgan fingerprint density at radius 2 is 1.64 bits per heavy atom. The number of nitrogens with zero attached hydrogens (tertiary/aromatic N) is 2. The number of pyridine rings is 1. The Morgan fingerprint density at radius 3 is 2.42 bits per heavy atom. The van der Waals surface area contributed by atoms with Crippen LogP contribution in [0.3, 0.4) is 0 Å². The number of benzene rings is 3. The number of ether oxygens (including phenoxy) is 1. The molecular weight excluding hydrogens is 440 g/mol. The van der Waals surface area contributed by atoms with Crippen molar-refractivity contribution in [2.45, 2.75) is 38.1 Å². The van der Waals surface area contributed by atoms with Crippen LogP contribution in [0.2, 0.25) is 0 Å². The molecule has 36 heavy (non-hydrogen) atoms. The first kappa shape index (κ1) is 23.1. The largest absolute Gasteiger partial charge is 0.363 e. The third kappa shape index (κ3) is 4.38. The van der Waals surface area contributed by atoms with Crippen LogP contribution >= 0.6 is 0 Å². The first-order valence-electron chi connectivity index (χ1n) is 13.3. The average molecular weight is 476 g/mol. The lowest BCUT2D eigenvalue weighted by molar-refractivity contribution is -0.985. The number of hydrogen-bond donors (Lipinski definition) is 0. The van der Waals surface area contributed by atoms with Crippen LogP contribution in [0.4, 0.5) is 0 Å². The first-order valence-corrected chi connectivity index (χ1v) is 13.3. The van der Waals surface area contributed by atoms with E-state index in [0.29, 0.717) is 24.5 Å². The molecule has 3 saturated heterocycles. The topological polar surface area (TPSA) is 22.1 Å². The molecule has 0 aliphatic carbocycles. The molecule has 3 aliphatic heterocycles. The second kappa shape index (κ2) is 10.0. The zero-order chi connectivity index (χ0) is 24.4. The second-order valence-corrected chi connectivity index (χ2v) is 10.7. The fourth-order valence-corrected chi connectivity index (χ4v) is 6.85. The van der Waals surface area contributed by atoms with E-state index in [1.54, 1.807) is 0 Å². The van der Waals surface area contributed by atoms with Gasteiger partial charge >= 0.3 is 0 Å². The van der Waals surface area contributed by atoms with Gasteiger partial charge in [0.1, 0.15) is 18.7 Å². The van der Waals surface area contributed by atoms with Crippen LogP contribution in [0.5, 0.6) is 0 Å². The van der Waals surface area contributed by atoms with Gasteiger partial charge in [0, 0.05) is 35.9 Å². The van der Waals surface area contributed by atoms with Gasteiger partial charge in [0.15, 0.2) is 0 Å². The molecule has 2 bridgehead atoms. The number of aromatic nitrogens is 1. The number of quaternary nitrogens is 1. The standard InChI is InChI=1S/C33H35N2O/c1-2-27-23-35(22-25-11-5-3-6-12-25)20-18-28(27)21-32(35)33(36-24-26-13-7-4-8-14-26)30-17-19-34-31-16-10-9-15-29(30)31/h2-17,19,27-28,32-33H,1,18,20-24H2/q+1/t27-,28-,32+,33-,35+/m0/s1. The zero-order valence-electron chi connectivity index (χ0n) is 20.9. The fourth-order valence-electron chi connectivity index (χ4n) is 6.85. The molecule has 0 amide bonds. The van der Waals surface area contributed by atoms with Crippen LogP contribution in [0.25, 0.3) is 10.9 Å². The van der Waals surface area contributed by atoms with E-state index in [2.05, 4.69) is 109 Å². The van der Waals surface area contributed by atoms with Crippen LogP contribution in [-0.4, -0.2) is 28.6 Å². The Kier molecular flexibility index (Phi) is 6.43. The SMILES string of the molecule is C=C[C@H]1C[N@+]2(Cc3ccccc3)CC[C@H]1C[C@@H]2[C@@H](OCc1ccccc1)c1ccnc2ccccc12. The Morgan fingerprint density at radius 1 is 0.917 bits per heavy atom. The maximum absolute atomic E-state index is 6.98. The second-order valence-electron chi connectivity index (χ2n) is 10.7. The molecule has 0 radical (unpaired) electrons. The number of hydrogen-bond acceptors (Lipinski definition) is 2. The highest BCUT2D eigenvalue weighted by Gasteiger charge is 2.54. The molecule has 4 heterocycles. The number of fused-ring (bicyclic) bond motifs is 4. The predicted octanol–water partition coefficient (Wildman–Crippen LogP) is 7.10. The Hall–Kier alpha value is -3.27. The minimum absolute atomic E-state index is 0.00427. The van der Waals surface area contributed by atoms with Crippen LogP contribution in [-0.2, 0) is 17.9 Å². The van der Waals surface area contributed by atoms with Gasteiger partial charge in [-0.25, -0.2) is 0 Å². The van der Waals surface area contributed by atoms with E-state index in [1.165, 1.54) is 41.5 Å². The van der Waals surface area contributed by atoms with Crippen molar-refractivity contribution in [1.82, 2.24) is 4.98 Å². The lowest BCUT2D eigenvalue weighted by atomic mass is 9.71. The predicted molar refractivity (Wildman–Crippen MR) is 146 cm³/mol. The average Bonchev–Trinajstić information content (AvgIpc) is 2.94. The van der Waals surface area contributed by atoms with E-state index >= 15 is 0 Å². The molecule has 3 aliphatic rings. The van der Waals surface area contributed by atoms with E-state index < -0.39 is 0 Å². The van der Waals surface area contributed by atoms with Crippen molar-refractivity contribution in [2.75, 3.05) is 13.1 Å². The van der Waals surface area contributed by atoms with Crippen molar-refractivity contribution in [3.8, 4) is 0 Å². The normalized spacial score (nSPS) is 26.1. The van der Waals surface area contributed by atoms with Crippen molar-refractivity contribution in [2.24, 2.45) is 11.8 Å². The number of piperidine rings is 3. The van der Waals surface area contributed by atoms with Crippen molar-refractivity contribution in [3.63, 3.8) is 0 Å². The van der Waals surface area contributed by atoms with Gasteiger partial charge in [-0.15, -0.1) is 6.58 Å². The summed E-state index contributed by atoms with van der Waals surface area (Å²) in [6.07, 6.45) is 6.61. The molecule has 182 valence electrons. The van der Waals surface area contributed by atoms with Gasteiger partial charge in [0.25, 0.3) is 0 Å². The summed E-state index contributed by atoms with van der Waals surface area (Å²) in [5.74, 6) is 1.25. The van der Waals surface area contributed by atoms with Crippen LogP contribution < -0.4 is 0 Å². The van der Waals surface area contributed by atoms with Gasteiger partial charge in [-0.2, -0.15) is 0 Å². The van der Waals surface area contributed by atoms with Crippen molar-refractivity contribution in [1.29, 1.82) is 0 Å². The summed E-state index contributed by atoms with van der Waals surface area (Å²) in [6, 6.07) is 32.7. The summed E-state index contributed by atoms with van der Waals surface area (Å²) >= 11 is 0. The minimum atomic E-state index is -0.00427. The zero-order valence-corrected chi connectivity index (χ0v) is 20.9. The summed E-state index contributed by atoms with van der Waals surface area (Å²) in [5, 5.41) is 1.21. The lowest BCUT2D eigenvalue weighted by Gasteiger charge is -2.58. The van der Waals surface area contributed by atoms with Crippen molar-refractivity contribution in [3.05, 3.63) is 127 Å². The highest BCUT2D eigenvalue weighted by atomic mass is 16.5. The summed E-state index contributed by atoms with van der Waals surface area (Å²) in [7, 11) is 0. The molecule has 3 nitrogen and oxygen atoms in total. The third-order valence-electron chi connectivity index (χ3n) is 8.63. The van der Waals surface area contributed by atoms with Crippen molar-refractivity contribution >= 4 is 10.9 Å². The maximum atomic E-state index is 6.98. The summed E-state index contributed by atoms with van der Waals surface area (Å²) in [6.45, 7) is 8.22. The molecule has 4 aromatic rings. The van der Waals surface area contributed by atoms with Gasteiger partial charge in [0.05, 0.1) is 25.2 Å². The van der Waals surface area contributed by atoms with Gasteiger partial charge in [-0.05, 0) is 29.2 Å². The van der Waals surface area contributed by atoms with Crippen LogP contribution in [0.1, 0.15) is 35.6 Å². The molecule has 0 N–H and O–H groups in total. The molecular formula is C33H35N2O+. The van der Waals surface area contributed by atoms with E-state index in [9.17, 15) is 0 Å². The molecule has 0 spiro atoms. The Balaban J connectivity index is 1.44. The molecule has 1 aromatic heterocycles. The fraction of sp³-hybridized carbons (Fsp3) is 0.303. The minimum Gasteiger partial charge on any atom is -0.363 e. The maximum Gasteiger partial charge on any atom is 0.135 e. The molecule has 7 rings (SSSR count). The highest BCUT2D eigenvalue weighted by Crippen LogP contribution is 2.49. The van der Waals surface area contributed by atoms with E-state index in [1.807, 2.05) is 6.20 Å². The van der Waals surface area contributed by atoms with E-state index in [4.69, 9.17) is 4.74 Å². The van der Waals surface area contributed by atoms with Gasteiger partial charge in [-0.3, -0.25) is 4.98 Å². The number of rotatable bonds is 8. The molecule has 3 heteroatoms. The first-order chi connectivity index (χ1) is 17.8. The molecule has 0 saturated carbocycles. The molecule has 3 aromatic carbocycles. The molecule has 3 fully saturated rings. The smallest absolute Gasteiger partial charge is 0.135 e. The number of para-hydroxylation sites is 1. The summed E-state index contributed by atoms with van der Waals surface area (Å²) < 4.78 is 8.04. The van der Waals surface area contributed by atoms with E-state index in [-0.39, 0.29) is 6.10 Å². The lowest BCUT2D eigenvalue weighted by Crippen LogP contribution is -2.67. The highest BCUT2D eigenvalue weighted by molar-refractivity contribution is 5.82. The molecule has 0 unspecified atom stereocenters. The third-order valence-corrected chi connectivity index (χ3v) is 8.63. The van der Waals surface area contributed by atoms with Gasteiger partial charge in [0.2, 0.25) is 0 Å². The van der Waals surface area contributed by atoms with E-state index in [0.717, 1.165) is 23.1 Å². The van der Waals surface area contributed by atoms with Crippen LogP contribution in [0.15, 0.2) is 110 Å². The molecule has 5 atom stereocenters. The monoisotopic (exact) mass is 475 g/mol. The Labute approximate surface area is 214 Å². The van der Waals surface area contributed by atoms with Crippen LogP contribution in [0, 0.1) is 11.8 Å². The van der Waals surface area contributed by atoms with Gasteiger partial charge in [-0.1, -0.05) is 84.9 Å². The quantitative estimate of drug-likeness (QED) is 0.200.